The van der Waals surface area contributed by atoms with E-state index in [0.717, 1.165) is 43.1 Å². The molecule has 0 aliphatic carbocycles. The molecule has 33 heavy (non-hydrogen) atoms. The van der Waals surface area contributed by atoms with Gasteiger partial charge in [0, 0.05) is 56.3 Å². The van der Waals surface area contributed by atoms with Gasteiger partial charge in [0.15, 0.2) is 0 Å². The van der Waals surface area contributed by atoms with Crippen LogP contribution in [0.3, 0.4) is 0 Å². The Balaban J connectivity index is 1.57. The maximum Gasteiger partial charge on any atom is 0.253 e. The largest absolute Gasteiger partial charge is 0.491 e. The van der Waals surface area contributed by atoms with Crippen molar-refractivity contribution in [3.05, 3.63) is 64.7 Å². The van der Waals surface area contributed by atoms with Gasteiger partial charge in [-0.3, -0.25) is 14.5 Å². The Morgan fingerprint density at radius 1 is 1.00 bits per heavy atom. The standard InChI is InChI=1S/C26H33N3O4/c1-19(2)28-9-11-29(12-10-28)26(31)22-6-7-24-23(18-22)17-20-4-3-5-21(16-20)25(30)27-8-13-32-14-15-33-24/h3-7,16,18-19H,8-15,17H2,1-2H3,(H,27,30). The molecule has 1 N–H and O–H groups in total. The number of hydrogen-bond acceptors (Lipinski definition) is 5. The molecule has 2 bridgehead atoms. The first kappa shape index (κ1) is 23.3. The van der Waals surface area contributed by atoms with Crippen molar-refractivity contribution in [3.8, 4) is 5.75 Å². The minimum absolute atomic E-state index is 0.0528. The molecule has 7 nitrogen and oxygen atoms in total. The number of rotatable bonds is 2. The SMILES string of the molecule is CC(C)N1CCN(C(=O)c2ccc3c(c2)Cc2cccc(c2)C(=O)NCCOCCO3)CC1. The summed E-state index contributed by atoms with van der Waals surface area (Å²) in [7, 11) is 0. The molecule has 2 heterocycles. The van der Waals surface area contributed by atoms with Crippen LogP contribution in [0.25, 0.3) is 0 Å². The summed E-state index contributed by atoms with van der Waals surface area (Å²) in [6.45, 7) is 9.36. The topological polar surface area (TPSA) is 71.1 Å². The fourth-order valence-electron chi connectivity index (χ4n) is 4.31. The van der Waals surface area contributed by atoms with Crippen molar-refractivity contribution < 1.29 is 19.1 Å². The lowest BCUT2D eigenvalue weighted by molar-refractivity contribution is 0.0595. The molecule has 1 fully saturated rings. The normalized spacial score (nSPS) is 18.2. The first-order valence-electron chi connectivity index (χ1n) is 11.7. The van der Waals surface area contributed by atoms with E-state index >= 15 is 0 Å². The lowest BCUT2D eigenvalue weighted by atomic mass is 9.99. The number of nitrogens with one attached hydrogen (secondary N) is 1. The third kappa shape index (κ3) is 5.92. The van der Waals surface area contributed by atoms with Crippen LogP contribution in [0.15, 0.2) is 42.5 Å². The first-order valence-corrected chi connectivity index (χ1v) is 11.7. The van der Waals surface area contributed by atoms with Gasteiger partial charge >= 0.3 is 0 Å². The van der Waals surface area contributed by atoms with Crippen molar-refractivity contribution in [1.29, 1.82) is 0 Å². The van der Waals surface area contributed by atoms with Crippen molar-refractivity contribution in [1.82, 2.24) is 15.1 Å². The number of carbonyl (C=O) groups is 2. The molecule has 7 heteroatoms. The molecule has 2 aromatic carbocycles. The molecule has 0 radical (unpaired) electrons. The van der Waals surface area contributed by atoms with E-state index < -0.39 is 0 Å². The van der Waals surface area contributed by atoms with Crippen molar-refractivity contribution in [2.24, 2.45) is 0 Å². The molecule has 4 rings (SSSR count). The third-order valence-corrected chi connectivity index (χ3v) is 6.24. The number of amides is 2. The molecule has 0 unspecified atom stereocenters. The summed E-state index contributed by atoms with van der Waals surface area (Å²) in [5, 5.41) is 2.88. The van der Waals surface area contributed by atoms with Gasteiger partial charge in [-0.05, 0) is 55.3 Å². The van der Waals surface area contributed by atoms with Crippen LogP contribution in [-0.2, 0) is 11.2 Å². The van der Waals surface area contributed by atoms with Gasteiger partial charge in [-0.1, -0.05) is 12.1 Å². The molecule has 2 aromatic rings. The molecule has 176 valence electrons. The molecule has 2 amide bonds. The predicted molar refractivity (Wildman–Crippen MR) is 127 cm³/mol. The fraction of sp³-hybridized carbons (Fsp3) is 0.462. The van der Waals surface area contributed by atoms with Gasteiger partial charge in [-0.25, -0.2) is 0 Å². The summed E-state index contributed by atoms with van der Waals surface area (Å²) < 4.78 is 11.6. The van der Waals surface area contributed by atoms with Gasteiger partial charge in [0.25, 0.3) is 11.8 Å². The van der Waals surface area contributed by atoms with E-state index in [1.807, 2.05) is 41.3 Å². The highest BCUT2D eigenvalue weighted by Crippen LogP contribution is 2.25. The van der Waals surface area contributed by atoms with Gasteiger partial charge in [-0.15, -0.1) is 0 Å². The highest BCUT2D eigenvalue weighted by Gasteiger charge is 2.24. The van der Waals surface area contributed by atoms with Crippen LogP contribution in [-0.4, -0.2) is 80.2 Å². The molecule has 0 saturated carbocycles. The lowest BCUT2D eigenvalue weighted by Crippen LogP contribution is -2.50. The average molecular weight is 452 g/mol. The van der Waals surface area contributed by atoms with E-state index in [-0.39, 0.29) is 11.8 Å². The number of nitrogens with zero attached hydrogens (tertiary/aromatic N) is 2. The van der Waals surface area contributed by atoms with Gasteiger partial charge in [-0.2, -0.15) is 0 Å². The second-order valence-electron chi connectivity index (χ2n) is 8.84. The second kappa shape index (κ2) is 10.8. The summed E-state index contributed by atoms with van der Waals surface area (Å²) in [5.74, 6) is 0.683. The van der Waals surface area contributed by atoms with Gasteiger partial charge in [0.1, 0.15) is 12.4 Å². The number of fused-ring (bicyclic) bond motifs is 3. The summed E-state index contributed by atoms with van der Waals surface area (Å²) in [6.07, 6.45) is 0.569. The van der Waals surface area contributed by atoms with E-state index in [1.54, 1.807) is 6.07 Å². The van der Waals surface area contributed by atoms with E-state index in [4.69, 9.17) is 9.47 Å². The Kier molecular flexibility index (Phi) is 7.62. The molecule has 2 aliphatic rings. The van der Waals surface area contributed by atoms with Crippen molar-refractivity contribution in [2.45, 2.75) is 26.3 Å². The number of hydrogen-bond donors (Lipinski definition) is 1. The monoisotopic (exact) mass is 451 g/mol. The zero-order chi connectivity index (χ0) is 23.2. The highest BCUT2D eigenvalue weighted by molar-refractivity contribution is 5.95. The first-order chi connectivity index (χ1) is 16.0. The van der Waals surface area contributed by atoms with Crippen LogP contribution in [0.4, 0.5) is 0 Å². The molecule has 2 aliphatic heterocycles. The Morgan fingerprint density at radius 2 is 1.82 bits per heavy atom. The van der Waals surface area contributed by atoms with E-state index in [2.05, 4.69) is 24.1 Å². The van der Waals surface area contributed by atoms with Crippen LogP contribution in [0.5, 0.6) is 5.75 Å². The Morgan fingerprint density at radius 3 is 2.61 bits per heavy atom. The summed E-state index contributed by atoms with van der Waals surface area (Å²) in [4.78, 5) is 30.0. The maximum atomic E-state index is 13.2. The molecule has 0 spiro atoms. The summed E-state index contributed by atoms with van der Waals surface area (Å²) >= 11 is 0. The van der Waals surface area contributed by atoms with E-state index in [9.17, 15) is 9.59 Å². The van der Waals surface area contributed by atoms with Crippen LogP contribution in [0, 0.1) is 0 Å². The smallest absolute Gasteiger partial charge is 0.253 e. The minimum atomic E-state index is -0.113. The highest BCUT2D eigenvalue weighted by atomic mass is 16.5. The molecule has 1 saturated heterocycles. The fourth-order valence-corrected chi connectivity index (χ4v) is 4.31. The van der Waals surface area contributed by atoms with Crippen LogP contribution in [0.2, 0.25) is 0 Å². The van der Waals surface area contributed by atoms with E-state index in [1.165, 1.54) is 0 Å². The van der Waals surface area contributed by atoms with Gasteiger partial charge < -0.3 is 19.7 Å². The molecular formula is C26H33N3O4. The summed E-state index contributed by atoms with van der Waals surface area (Å²) in [5.41, 5.74) is 3.20. The minimum Gasteiger partial charge on any atom is -0.491 e. The quantitative estimate of drug-likeness (QED) is 0.760. The lowest BCUT2D eigenvalue weighted by Gasteiger charge is -2.37. The van der Waals surface area contributed by atoms with Gasteiger partial charge in [0.05, 0.1) is 13.2 Å². The molecule has 0 aromatic heterocycles. The van der Waals surface area contributed by atoms with E-state index in [0.29, 0.717) is 50.0 Å². The van der Waals surface area contributed by atoms with Crippen LogP contribution < -0.4 is 10.1 Å². The summed E-state index contributed by atoms with van der Waals surface area (Å²) in [6, 6.07) is 13.7. The average Bonchev–Trinajstić information content (AvgIpc) is 2.83. The number of carbonyl (C=O) groups excluding carboxylic acids is 2. The van der Waals surface area contributed by atoms with Crippen molar-refractivity contribution >= 4 is 11.8 Å². The number of benzene rings is 2. The maximum absolute atomic E-state index is 13.2. The van der Waals surface area contributed by atoms with Gasteiger partial charge in [0.2, 0.25) is 0 Å². The Hall–Kier alpha value is -2.90. The third-order valence-electron chi connectivity index (χ3n) is 6.24. The Bertz CT molecular complexity index is 983. The van der Waals surface area contributed by atoms with Crippen molar-refractivity contribution in [2.75, 3.05) is 52.5 Å². The zero-order valence-electron chi connectivity index (χ0n) is 19.5. The van der Waals surface area contributed by atoms with Crippen molar-refractivity contribution in [3.63, 3.8) is 0 Å². The Labute approximate surface area is 195 Å². The zero-order valence-corrected chi connectivity index (χ0v) is 19.5. The molecule has 0 atom stereocenters. The second-order valence-corrected chi connectivity index (χ2v) is 8.84. The van der Waals surface area contributed by atoms with Crippen LogP contribution >= 0.6 is 0 Å². The molecular weight excluding hydrogens is 418 g/mol. The number of piperazine rings is 1. The predicted octanol–water partition coefficient (Wildman–Crippen LogP) is 2.58. The number of ether oxygens (including phenoxy) is 2. The van der Waals surface area contributed by atoms with Crippen LogP contribution in [0.1, 0.15) is 45.7 Å².